The summed E-state index contributed by atoms with van der Waals surface area (Å²) in [6, 6.07) is 7.71. The first-order valence-electron chi connectivity index (χ1n) is 6.79. The van der Waals surface area contributed by atoms with Crippen LogP contribution < -0.4 is 5.32 Å². The van der Waals surface area contributed by atoms with Crippen LogP contribution >= 0.6 is 0 Å². The van der Waals surface area contributed by atoms with Crippen LogP contribution in [0.5, 0.6) is 0 Å². The Morgan fingerprint density at radius 1 is 1.15 bits per heavy atom. The molecule has 2 nitrogen and oxygen atoms in total. The van der Waals surface area contributed by atoms with Crippen LogP contribution in [0.3, 0.4) is 0 Å². The van der Waals surface area contributed by atoms with Gasteiger partial charge in [0.05, 0.1) is 12.6 Å². The fourth-order valence-corrected chi connectivity index (χ4v) is 1.93. The molecule has 2 unspecified atom stereocenters. The molecular weight excluding hydrogens is 267 g/mol. The lowest BCUT2D eigenvalue weighted by atomic mass is 9.96. The largest absolute Gasteiger partial charge is 0.411 e. The summed E-state index contributed by atoms with van der Waals surface area (Å²) in [6.07, 6.45) is -3.22. The normalized spacial score (nSPS) is 15.1. The summed E-state index contributed by atoms with van der Waals surface area (Å²) >= 11 is 0. The van der Waals surface area contributed by atoms with E-state index in [2.05, 4.69) is 19.2 Å². The topological polar surface area (TPSA) is 21.3 Å². The smallest absolute Gasteiger partial charge is 0.370 e. The highest BCUT2D eigenvalue weighted by atomic mass is 19.4. The summed E-state index contributed by atoms with van der Waals surface area (Å²) in [5.74, 6) is 0.485. The van der Waals surface area contributed by atoms with E-state index in [1.54, 1.807) is 7.05 Å². The van der Waals surface area contributed by atoms with Crippen molar-refractivity contribution in [3.8, 4) is 0 Å². The van der Waals surface area contributed by atoms with Crippen molar-refractivity contribution in [1.29, 1.82) is 0 Å². The highest BCUT2D eigenvalue weighted by molar-refractivity contribution is 5.27. The maximum Gasteiger partial charge on any atom is 0.411 e. The van der Waals surface area contributed by atoms with Gasteiger partial charge in [0.15, 0.2) is 0 Å². The molecule has 0 saturated heterocycles. The van der Waals surface area contributed by atoms with E-state index in [1.165, 1.54) is 5.56 Å². The fourth-order valence-electron chi connectivity index (χ4n) is 1.93. The van der Waals surface area contributed by atoms with Gasteiger partial charge in [-0.25, -0.2) is 0 Å². The van der Waals surface area contributed by atoms with Gasteiger partial charge in [-0.2, -0.15) is 13.2 Å². The maximum atomic E-state index is 12.0. The van der Waals surface area contributed by atoms with Crippen LogP contribution in [-0.2, 0) is 4.74 Å². The second-order valence-corrected chi connectivity index (χ2v) is 4.95. The summed E-state index contributed by atoms with van der Waals surface area (Å²) < 4.78 is 40.9. The third-order valence-corrected chi connectivity index (χ3v) is 3.42. The van der Waals surface area contributed by atoms with Gasteiger partial charge in [-0.05, 0) is 30.5 Å². The highest BCUT2D eigenvalue weighted by Gasteiger charge is 2.28. The van der Waals surface area contributed by atoms with Gasteiger partial charge in [-0.1, -0.05) is 38.1 Å². The van der Waals surface area contributed by atoms with Gasteiger partial charge in [0.25, 0.3) is 0 Å². The van der Waals surface area contributed by atoms with E-state index >= 15 is 0 Å². The average molecular weight is 289 g/mol. The molecule has 2 atom stereocenters. The molecular formula is C15H22F3NO. The molecule has 0 aliphatic heterocycles. The van der Waals surface area contributed by atoms with Crippen molar-refractivity contribution < 1.29 is 17.9 Å². The minimum Gasteiger partial charge on any atom is -0.370 e. The van der Waals surface area contributed by atoms with Gasteiger partial charge >= 0.3 is 6.18 Å². The van der Waals surface area contributed by atoms with Gasteiger partial charge in [0.2, 0.25) is 0 Å². The quantitative estimate of drug-likeness (QED) is 0.818. The summed E-state index contributed by atoms with van der Waals surface area (Å²) in [7, 11) is 1.71. The van der Waals surface area contributed by atoms with Gasteiger partial charge in [-0.3, -0.25) is 0 Å². The fraction of sp³-hybridized carbons (Fsp3) is 0.600. The Labute approximate surface area is 118 Å². The molecule has 0 heterocycles. The first-order valence-corrected chi connectivity index (χ1v) is 6.79. The Morgan fingerprint density at radius 2 is 1.70 bits per heavy atom. The van der Waals surface area contributed by atoms with Gasteiger partial charge in [0, 0.05) is 0 Å². The first kappa shape index (κ1) is 17.0. The van der Waals surface area contributed by atoms with Crippen molar-refractivity contribution in [2.75, 3.05) is 20.3 Å². The third kappa shape index (κ3) is 5.51. The van der Waals surface area contributed by atoms with Crippen LogP contribution in [0.4, 0.5) is 13.2 Å². The summed E-state index contributed by atoms with van der Waals surface area (Å²) in [4.78, 5) is 0. The lowest BCUT2D eigenvalue weighted by Gasteiger charge is -2.18. The molecule has 20 heavy (non-hydrogen) atoms. The number of alkyl halides is 3. The molecule has 0 fully saturated rings. The van der Waals surface area contributed by atoms with Crippen molar-refractivity contribution in [1.82, 2.24) is 5.32 Å². The molecule has 1 rings (SSSR count). The number of likely N-dealkylation sites (N-methyl/N-ethyl adjacent to an activating group) is 1. The standard InChI is InChI=1S/C15H22F3NO/c1-4-11(2)12-5-7-13(8-6-12)14(19-3)9-20-10-15(16,17)18/h5-8,11,14,19H,4,9-10H2,1-3H3. The minimum atomic E-state index is -4.28. The molecule has 114 valence electrons. The van der Waals surface area contributed by atoms with Crippen molar-refractivity contribution in [2.45, 2.75) is 38.4 Å². The van der Waals surface area contributed by atoms with E-state index in [9.17, 15) is 13.2 Å². The number of ether oxygens (including phenoxy) is 1. The van der Waals surface area contributed by atoms with Crippen LogP contribution in [0.25, 0.3) is 0 Å². The number of hydrogen-bond acceptors (Lipinski definition) is 2. The number of benzene rings is 1. The Kier molecular flexibility index (Phi) is 6.49. The zero-order valence-corrected chi connectivity index (χ0v) is 12.1. The molecule has 0 aromatic heterocycles. The number of nitrogens with one attached hydrogen (secondary N) is 1. The second-order valence-electron chi connectivity index (χ2n) is 4.95. The second kappa shape index (κ2) is 7.64. The monoisotopic (exact) mass is 289 g/mol. The highest BCUT2D eigenvalue weighted by Crippen LogP contribution is 2.22. The van der Waals surface area contributed by atoms with Gasteiger partial charge in [0.1, 0.15) is 6.61 Å². The summed E-state index contributed by atoms with van der Waals surface area (Å²) in [5.41, 5.74) is 2.17. The first-order chi connectivity index (χ1) is 9.37. The molecule has 1 aromatic rings. The summed E-state index contributed by atoms with van der Waals surface area (Å²) in [5, 5.41) is 2.97. The molecule has 1 N–H and O–H groups in total. The lowest BCUT2D eigenvalue weighted by Crippen LogP contribution is -2.25. The molecule has 1 aromatic carbocycles. The molecule has 0 bridgehead atoms. The zero-order chi connectivity index (χ0) is 15.2. The lowest BCUT2D eigenvalue weighted by molar-refractivity contribution is -0.175. The van der Waals surface area contributed by atoms with Crippen molar-refractivity contribution in [3.63, 3.8) is 0 Å². The van der Waals surface area contributed by atoms with Crippen LogP contribution in [0.15, 0.2) is 24.3 Å². The number of hydrogen-bond donors (Lipinski definition) is 1. The number of halogens is 3. The minimum absolute atomic E-state index is 0.00130. The zero-order valence-electron chi connectivity index (χ0n) is 12.1. The number of rotatable bonds is 7. The van der Waals surface area contributed by atoms with E-state index in [1.807, 2.05) is 24.3 Å². The van der Waals surface area contributed by atoms with Crippen LogP contribution in [0, 0.1) is 0 Å². The van der Waals surface area contributed by atoms with Crippen LogP contribution in [0.1, 0.15) is 43.4 Å². The van der Waals surface area contributed by atoms with Crippen molar-refractivity contribution in [2.24, 2.45) is 0 Å². The van der Waals surface area contributed by atoms with Crippen molar-refractivity contribution in [3.05, 3.63) is 35.4 Å². The molecule has 0 aliphatic rings. The predicted octanol–water partition coefficient (Wildman–Crippen LogP) is 4.04. The molecule has 0 saturated carbocycles. The molecule has 0 amide bonds. The van der Waals surface area contributed by atoms with Crippen molar-refractivity contribution >= 4 is 0 Å². The predicted molar refractivity (Wildman–Crippen MR) is 73.8 cm³/mol. The Morgan fingerprint density at radius 3 is 2.15 bits per heavy atom. The van der Waals surface area contributed by atoms with E-state index in [-0.39, 0.29) is 12.6 Å². The van der Waals surface area contributed by atoms with E-state index in [0.717, 1.165) is 12.0 Å². The molecule has 5 heteroatoms. The third-order valence-electron chi connectivity index (χ3n) is 3.42. The van der Waals surface area contributed by atoms with Gasteiger partial charge in [-0.15, -0.1) is 0 Å². The Bertz CT molecular complexity index is 389. The van der Waals surface area contributed by atoms with Crippen LogP contribution in [-0.4, -0.2) is 26.4 Å². The Hall–Kier alpha value is -1.07. The summed E-state index contributed by atoms with van der Waals surface area (Å²) in [6.45, 7) is 3.06. The maximum absolute atomic E-state index is 12.0. The Balaban J connectivity index is 2.61. The molecule has 0 aliphatic carbocycles. The molecule has 0 spiro atoms. The van der Waals surface area contributed by atoms with Gasteiger partial charge < -0.3 is 10.1 Å². The van der Waals surface area contributed by atoms with E-state index in [4.69, 9.17) is 4.74 Å². The van der Waals surface area contributed by atoms with Crippen LogP contribution in [0.2, 0.25) is 0 Å². The molecule has 0 radical (unpaired) electrons. The van der Waals surface area contributed by atoms with E-state index in [0.29, 0.717) is 5.92 Å². The SMILES string of the molecule is CCC(C)c1ccc(C(COCC(F)(F)F)NC)cc1. The van der Waals surface area contributed by atoms with E-state index < -0.39 is 12.8 Å². The average Bonchev–Trinajstić information content (AvgIpc) is 2.42.